The van der Waals surface area contributed by atoms with Crippen molar-refractivity contribution in [1.82, 2.24) is 4.90 Å². The average Bonchev–Trinajstić information content (AvgIpc) is 2.36. The van der Waals surface area contributed by atoms with Gasteiger partial charge < -0.3 is 13.3 Å². The smallest absolute Gasteiger partial charge is 0.375 e. The number of piperidine rings is 1. The molecule has 0 aromatic rings. The number of hydrogen-bond donors (Lipinski definition) is 0. The van der Waals surface area contributed by atoms with E-state index in [0.717, 1.165) is 13.0 Å². The molecule has 0 amide bonds. The van der Waals surface area contributed by atoms with Crippen molar-refractivity contribution in [2.75, 3.05) is 27.4 Å². The van der Waals surface area contributed by atoms with Crippen LogP contribution in [0.15, 0.2) is 0 Å². The molecule has 101 valence electrons. The Morgan fingerprint density at radius 3 is 2.53 bits per heavy atom. The molecule has 1 radical (unpaired) electrons. The highest BCUT2D eigenvalue weighted by Crippen LogP contribution is 2.20. The highest BCUT2D eigenvalue weighted by Gasteiger charge is 2.26. The van der Waals surface area contributed by atoms with E-state index in [1.807, 2.05) is 0 Å². The first-order valence-corrected chi connectivity index (χ1v) is 7.78. The molecule has 1 heterocycles. The predicted molar refractivity (Wildman–Crippen MR) is 69.8 cm³/mol. The first-order chi connectivity index (χ1) is 8.22. The van der Waals surface area contributed by atoms with Crippen LogP contribution in [-0.4, -0.2) is 53.9 Å². The van der Waals surface area contributed by atoms with Gasteiger partial charge in [-0.15, -0.1) is 0 Å². The second-order valence-electron chi connectivity index (χ2n) is 4.61. The molecular formula is C12H26NO3Si. The molecule has 0 bridgehead atoms. The van der Waals surface area contributed by atoms with Crippen LogP contribution in [0.4, 0.5) is 0 Å². The average molecular weight is 260 g/mol. The molecule has 0 N–H and O–H groups in total. The lowest BCUT2D eigenvalue weighted by Gasteiger charge is -2.39. The topological polar surface area (TPSA) is 30.9 Å². The minimum Gasteiger partial charge on any atom is -0.375 e. The summed E-state index contributed by atoms with van der Waals surface area (Å²) in [7, 11) is 1.77. The van der Waals surface area contributed by atoms with Gasteiger partial charge in [0.25, 0.3) is 0 Å². The van der Waals surface area contributed by atoms with Gasteiger partial charge in [0.1, 0.15) is 0 Å². The summed E-state index contributed by atoms with van der Waals surface area (Å²) in [6.45, 7) is 6.46. The van der Waals surface area contributed by atoms with Gasteiger partial charge in [0.2, 0.25) is 0 Å². The molecule has 0 aromatic carbocycles. The van der Waals surface area contributed by atoms with E-state index in [9.17, 15) is 0 Å². The lowest BCUT2D eigenvalue weighted by Crippen LogP contribution is -2.47. The monoisotopic (exact) mass is 260 g/mol. The van der Waals surface area contributed by atoms with Crippen molar-refractivity contribution in [3.8, 4) is 0 Å². The number of hydrogen-bond acceptors (Lipinski definition) is 4. The molecule has 1 aliphatic heterocycles. The lowest BCUT2D eigenvalue weighted by molar-refractivity contribution is 0.0453. The zero-order valence-electron chi connectivity index (χ0n) is 11.6. The summed E-state index contributed by atoms with van der Waals surface area (Å²) in [5.74, 6) is 0. The molecule has 0 aromatic heterocycles. The molecule has 0 spiro atoms. The van der Waals surface area contributed by atoms with Crippen molar-refractivity contribution >= 4 is 9.53 Å². The summed E-state index contributed by atoms with van der Waals surface area (Å²) < 4.78 is 16.0. The van der Waals surface area contributed by atoms with Crippen LogP contribution < -0.4 is 0 Å². The van der Waals surface area contributed by atoms with E-state index in [0.29, 0.717) is 12.1 Å². The Balaban J connectivity index is 2.40. The fraction of sp³-hybridized carbons (Fsp3) is 1.00. The summed E-state index contributed by atoms with van der Waals surface area (Å²) in [5.41, 5.74) is 0. The van der Waals surface area contributed by atoms with Crippen LogP contribution in [0.2, 0.25) is 0 Å². The van der Waals surface area contributed by atoms with E-state index in [4.69, 9.17) is 13.3 Å². The summed E-state index contributed by atoms with van der Waals surface area (Å²) in [5, 5.41) is 0. The van der Waals surface area contributed by atoms with Crippen molar-refractivity contribution < 1.29 is 13.3 Å². The minimum absolute atomic E-state index is 0.496. The van der Waals surface area contributed by atoms with Crippen molar-refractivity contribution in [2.45, 2.75) is 51.6 Å². The summed E-state index contributed by atoms with van der Waals surface area (Å²) in [6.07, 6.45) is 5.10. The Morgan fingerprint density at radius 1 is 1.29 bits per heavy atom. The van der Waals surface area contributed by atoms with E-state index in [1.54, 1.807) is 14.2 Å². The van der Waals surface area contributed by atoms with Gasteiger partial charge in [-0.25, -0.2) is 0 Å². The Morgan fingerprint density at radius 2 is 2.00 bits per heavy atom. The molecule has 1 fully saturated rings. The fourth-order valence-corrected chi connectivity index (χ4v) is 3.21. The lowest BCUT2D eigenvalue weighted by atomic mass is 10.0. The third-order valence-electron chi connectivity index (χ3n) is 3.52. The standard InChI is InChI=1S/C12H26NO3Si/c1-5-12(10-16-17(14-3)15-4)13-9-7-6-8-11(13)2/h11-12H,5-10H2,1-4H3. The van der Waals surface area contributed by atoms with Gasteiger partial charge in [0.15, 0.2) is 0 Å². The Labute approximate surface area is 107 Å². The van der Waals surface area contributed by atoms with Crippen LogP contribution in [0.3, 0.4) is 0 Å². The molecule has 5 heteroatoms. The molecule has 2 atom stereocenters. The van der Waals surface area contributed by atoms with Crippen molar-refractivity contribution in [3.63, 3.8) is 0 Å². The van der Waals surface area contributed by atoms with Crippen LogP contribution >= 0.6 is 0 Å². The van der Waals surface area contributed by atoms with Gasteiger partial charge in [-0.3, -0.25) is 4.90 Å². The van der Waals surface area contributed by atoms with Crippen molar-refractivity contribution in [3.05, 3.63) is 0 Å². The Kier molecular flexibility index (Phi) is 7.30. The SMILES string of the molecule is CCC(CO[Si](OC)OC)N1CCCCC1C. The highest BCUT2D eigenvalue weighted by molar-refractivity contribution is 6.36. The summed E-state index contributed by atoms with van der Waals surface area (Å²) >= 11 is 0. The first kappa shape index (κ1) is 15.1. The number of rotatable bonds is 7. The zero-order valence-corrected chi connectivity index (χ0v) is 12.6. The predicted octanol–water partition coefficient (Wildman–Crippen LogP) is 1.93. The Hall–Kier alpha value is 0.0569. The normalized spacial score (nSPS) is 24.2. The van der Waals surface area contributed by atoms with Gasteiger partial charge in [-0.05, 0) is 32.7 Å². The number of likely N-dealkylation sites (tertiary alicyclic amines) is 1. The van der Waals surface area contributed by atoms with Gasteiger partial charge in [-0.1, -0.05) is 13.3 Å². The van der Waals surface area contributed by atoms with E-state index in [-0.39, 0.29) is 0 Å². The molecule has 4 nitrogen and oxygen atoms in total. The molecule has 0 aliphatic carbocycles. The van der Waals surface area contributed by atoms with Crippen LogP contribution in [-0.2, 0) is 13.3 Å². The third kappa shape index (κ3) is 4.67. The van der Waals surface area contributed by atoms with Crippen molar-refractivity contribution in [1.29, 1.82) is 0 Å². The van der Waals surface area contributed by atoms with E-state index in [1.165, 1.54) is 25.8 Å². The van der Waals surface area contributed by atoms with E-state index >= 15 is 0 Å². The minimum atomic E-state index is -1.51. The molecule has 1 aliphatic rings. The van der Waals surface area contributed by atoms with Gasteiger partial charge in [0.05, 0.1) is 6.61 Å². The Bertz CT molecular complexity index is 202. The van der Waals surface area contributed by atoms with E-state index in [2.05, 4.69) is 18.7 Å². The maximum atomic E-state index is 5.71. The largest absolute Gasteiger partial charge is 0.577 e. The molecule has 0 saturated carbocycles. The maximum Gasteiger partial charge on any atom is 0.577 e. The molecule has 1 saturated heterocycles. The first-order valence-electron chi connectivity index (χ1n) is 6.56. The summed E-state index contributed by atoms with van der Waals surface area (Å²) in [4.78, 5) is 2.58. The van der Waals surface area contributed by atoms with Gasteiger partial charge in [0, 0.05) is 26.3 Å². The van der Waals surface area contributed by atoms with E-state index < -0.39 is 9.53 Å². The van der Waals surface area contributed by atoms with Gasteiger partial charge >= 0.3 is 9.53 Å². The molecule has 17 heavy (non-hydrogen) atoms. The fourth-order valence-electron chi connectivity index (χ4n) is 2.48. The second kappa shape index (κ2) is 8.21. The van der Waals surface area contributed by atoms with Crippen molar-refractivity contribution in [2.24, 2.45) is 0 Å². The number of nitrogens with zero attached hydrogens (tertiary/aromatic N) is 1. The molecule has 2 unspecified atom stereocenters. The van der Waals surface area contributed by atoms with Crippen LogP contribution in [0.5, 0.6) is 0 Å². The van der Waals surface area contributed by atoms with Crippen LogP contribution in [0.25, 0.3) is 0 Å². The molecular weight excluding hydrogens is 234 g/mol. The summed E-state index contributed by atoms with van der Waals surface area (Å²) in [6, 6.07) is 1.17. The zero-order chi connectivity index (χ0) is 12.7. The quantitative estimate of drug-likeness (QED) is 0.655. The van der Waals surface area contributed by atoms with Gasteiger partial charge in [-0.2, -0.15) is 0 Å². The maximum absolute atomic E-state index is 5.71. The molecule has 1 rings (SSSR count). The third-order valence-corrected chi connectivity index (χ3v) is 4.59. The van der Waals surface area contributed by atoms with Crippen LogP contribution in [0, 0.1) is 0 Å². The highest BCUT2D eigenvalue weighted by atomic mass is 28.3. The van der Waals surface area contributed by atoms with Crippen LogP contribution in [0.1, 0.15) is 39.5 Å². The second-order valence-corrected chi connectivity index (χ2v) is 6.22.